The Morgan fingerprint density at radius 2 is 1.31 bits per heavy atom. The van der Waals surface area contributed by atoms with Gasteiger partial charge in [-0.05, 0) is 63.8 Å². The van der Waals surface area contributed by atoms with Crippen LogP contribution in [0.3, 0.4) is 0 Å². The molecule has 0 atom stereocenters. The molecule has 0 saturated heterocycles. The van der Waals surface area contributed by atoms with E-state index in [4.69, 9.17) is 9.98 Å². The van der Waals surface area contributed by atoms with Gasteiger partial charge in [-0.1, -0.05) is 92.8 Å². The number of nitrogens with zero attached hydrogens (tertiary/aromatic N) is 2. The van der Waals surface area contributed by atoms with Crippen LogP contribution in [0.1, 0.15) is 70.4 Å². The van der Waals surface area contributed by atoms with E-state index in [1.54, 1.807) is 0 Å². The van der Waals surface area contributed by atoms with Crippen molar-refractivity contribution >= 4 is 22.8 Å². The molecular weight excluding hydrogens is 491 g/mol. The number of aryl methyl sites for hydroxylation is 2. The maximum Gasteiger partial charge on any atom is 2.00 e. The van der Waals surface area contributed by atoms with Crippen molar-refractivity contribution in [2.75, 3.05) is 0 Å². The number of unbranched alkanes of at least 4 members (excludes halogenated alkanes) is 3. The first-order valence-electron chi connectivity index (χ1n) is 12.7. The van der Waals surface area contributed by atoms with E-state index in [9.17, 15) is 10.2 Å². The summed E-state index contributed by atoms with van der Waals surface area (Å²) in [6.45, 7) is 8.21. The van der Waals surface area contributed by atoms with Gasteiger partial charge in [0.2, 0.25) is 0 Å². The number of hydrogen-bond acceptors (Lipinski definition) is 4. The first-order valence-corrected chi connectivity index (χ1v) is 12.7. The van der Waals surface area contributed by atoms with Crippen LogP contribution in [0.25, 0.3) is 0 Å². The van der Waals surface area contributed by atoms with Crippen molar-refractivity contribution < 1.29 is 26.7 Å². The summed E-state index contributed by atoms with van der Waals surface area (Å²) in [4.78, 5) is 9.47. The van der Waals surface area contributed by atoms with E-state index in [2.05, 4.69) is 13.8 Å². The molecule has 3 aromatic rings. The third kappa shape index (κ3) is 11.2. The van der Waals surface area contributed by atoms with E-state index in [0.29, 0.717) is 5.56 Å². The molecule has 0 bridgehead atoms. The van der Waals surface area contributed by atoms with Gasteiger partial charge in [0.05, 0.1) is 22.8 Å². The molecule has 0 aliphatic heterocycles. The van der Waals surface area contributed by atoms with Gasteiger partial charge in [-0.2, -0.15) is 0 Å². The minimum atomic E-state index is -0.364. The molecule has 3 rings (SSSR count). The van der Waals surface area contributed by atoms with E-state index in [1.165, 1.54) is 6.07 Å². The Morgan fingerprint density at radius 3 is 1.86 bits per heavy atom. The molecule has 0 aliphatic carbocycles. The van der Waals surface area contributed by atoms with E-state index in [0.717, 1.165) is 73.3 Å². The average molecular weight is 529 g/mol. The van der Waals surface area contributed by atoms with Crippen molar-refractivity contribution in [3.63, 3.8) is 0 Å². The SMILES string of the molecule is CCCCC(=Nc1ccccc1)C(C)=Nc1ccccc1.CCCCCc1cc(C)cc([O-])c1[O-].[Ni+2]. The monoisotopic (exact) mass is 528 g/mol. The molecule has 0 fully saturated rings. The molecule has 0 N–H and O–H groups in total. The standard InChI is InChI=1S/C19H22N2.C12H18O2.Ni/c1-3-4-15-19(21-18-13-9-6-10-14-18)16(2)20-17-11-7-5-8-12-17;1-3-4-5-6-10-7-9(2)8-11(13)12(10)14;/h5-14H,3-4,15H2,1-2H3;7-8,13-14H,3-6H2,1-2H3;/q;;+2/p-2. The largest absolute Gasteiger partial charge is 2.00 e. The van der Waals surface area contributed by atoms with Gasteiger partial charge in [0.1, 0.15) is 0 Å². The number of rotatable bonds is 10. The van der Waals surface area contributed by atoms with Gasteiger partial charge in [0.15, 0.2) is 0 Å². The molecule has 0 saturated carbocycles. The van der Waals surface area contributed by atoms with E-state index in [1.807, 2.05) is 80.6 Å². The Hall–Kier alpha value is -2.91. The van der Waals surface area contributed by atoms with Crippen molar-refractivity contribution in [3.05, 3.63) is 83.9 Å². The summed E-state index contributed by atoms with van der Waals surface area (Å²) < 4.78 is 0. The second-order valence-electron chi connectivity index (χ2n) is 8.74. The summed E-state index contributed by atoms with van der Waals surface area (Å²) in [5.41, 5.74) is 5.62. The maximum atomic E-state index is 11.4. The van der Waals surface area contributed by atoms with Crippen LogP contribution >= 0.6 is 0 Å². The smallest absolute Gasteiger partial charge is 0.873 e. The number of hydrogen-bond donors (Lipinski definition) is 0. The average Bonchev–Trinajstić information content (AvgIpc) is 2.86. The van der Waals surface area contributed by atoms with Crippen molar-refractivity contribution in [2.45, 2.75) is 72.6 Å². The van der Waals surface area contributed by atoms with E-state index < -0.39 is 0 Å². The first kappa shape index (κ1) is 31.1. The van der Waals surface area contributed by atoms with E-state index >= 15 is 0 Å². The predicted molar refractivity (Wildman–Crippen MR) is 146 cm³/mol. The molecule has 4 nitrogen and oxygen atoms in total. The van der Waals surface area contributed by atoms with E-state index in [-0.39, 0.29) is 28.0 Å². The summed E-state index contributed by atoms with van der Waals surface area (Å²) >= 11 is 0. The van der Waals surface area contributed by atoms with Gasteiger partial charge in [0.25, 0.3) is 0 Å². The third-order valence-corrected chi connectivity index (χ3v) is 5.58. The summed E-state index contributed by atoms with van der Waals surface area (Å²) in [6.07, 6.45) is 7.23. The van der Waals surface area contributed by atoms with Crippen molar-refractivity contribution in [2.24, 2.45) is 9.98 Å². The Kier molecular flexibility index (Phi) is 15.1. The van der Waals surface area contributed by atoms with Gasteiger partial charge >= 0.3 is 16.5 Å². The molecule has 194 valence electrons. The molecule has 3 aromatic carbocycles. The van der Waals surface area contributed by atoms with Crippen LogP contribution in [0.2, 0.25) is 0 Å². The van der Waals surface area contributed by atoms with Crippen LogP contribution < -0.4 is 10.2 Å². The van der Waals surface area contributed by atoms with Crippen LogP contribution in [0.4, 0.5) is 11.4 Å². The molecular formula is C31H38N2NiO2. The molecule has 0 amide bonds. The van der Waals surface area contributed by atoms with Crippen molar-refractivity contribution in [1.29, 1.82) is 0 Å². The second kappa shape index (κ2) is 17.5. The van der Waals surface area contributed by atoms with Gasteiger partial charge in [-0.15, -0.1) is 11.5 Å². The number of benzene rings is 3. The Balaban J connectivity index is 0.000000379. The van der Waals surface area contributed by atoms with Crippen LogP contribution in [0.15, 0.2) is 82.8 Å². The predicted octanol–water partition coefficient (Wildman–Crippen LogP) is 7.61. The molecule has 0 heterocycles. The molecule has 0 spiro atoms. The van der Waals surface area contributed by atoms with Gasteiger partial charge in [-0.3, -0.25) is 9.98 Å². The summed E-state index contributed by atoms with van der Waals surface area (Å²) in [7, 11) is 0. The van der Waals surface area contributed by atoms with Crippen LogP contribution in [-0.4, -0.2) is 11.4 Å². The molecule has 36 heavy (non-hydrogen) atoms. The molecule has 0 aromatic heterocycles. The fraction of sp³-hybridized carbons (Fsp3) is 0.355. The molecule has 0 unspecified atom stereocenters. The topological polar surface area (TPSA) is 70.8 Å². The minimum absolute atomic E-state index is 0. The zero-order valence-corrected chi connectivity index (χ0v) is 22.9. The Morgan fingerprint density at radius 1 is 0.750 bits per heavy atom. The zero-order chi connectivity index (χ0) is 25.5. The normalized spacial score (nSPS) is 11.3. The molecule has 0 aliphatic rings. The van der Waals surface area contributed by atoms with Crippen molar-refractivity contribution in [1.82, 2.24) is 0 Å². The van der Waals surface area contributed by atoms with Crippen LogP contribution in [-0.2, 0) is 22.9 Å². The molecule has 5 heteroatoms. The number of para-hydroxylation sites is 2. The second-order valence-corrected chi connectivity index (χ2v) is 8.74. The van der Waals surface area contributed by atoms with Gasteiger partial charge in [0, 0.05) is 0 Å². The molecule has 0 radical (unpaired) electrons. The van der Waals surface area contributed by atoms with Crippen LogP contribution in [0, 0.1) is 6.92 Å². The number of aliphatic imine (C=N–C) groups is 2. The minimum Gasteiger partial charge on any atom is -0.873 e. The first-order chi connectivity index (χ1) is 16.9. The van der Waals surface area contributed by atoms with Crippen molar-refractivity contribution in [3.8, 4) is 11.5 Å². The fourth-order valence-electron chi connectivity index (χ4n) is 3.64. The summed E-state index contributed by atoms with van der Waals surface area (Å²) in [6, 6.07) is 23.4. The zero-order valence-electron chi connectivity index (χ0n) is 21.9. The van der Waals surface area contributed by atoms with Gasteiger partial charge < -0.3 is 10.2 Å². The summed E-state index contributed by atoms with van der Waals surface area (Å²) in [5, 5.41) is 22.6. The Bertz CT molecular complexity index is 1080. The fourth-order valence-corrected chi connectivity index (χ4v) is 3.64. The van der Waals surface area contributed by atoms with Gasteiger partial charge in [-0.25, -0.2) is 0 Å². The third-order valence-electron chi connectivity index (χ3n) is 5.58. The maximum absolute atomic E-state index is 11.4. The summed E-state index contributed by atoms with van der Waals surface area (Å²) in [5.74, 6) is -0.678. The Labute approximate surface area is 227 Å². The quantitative estimate of drug-likeness (QED) is 0.154. The van der Waals surface area contributed by atoms with Crippen LogP contribution in [0.5, 0.6) is 11.5 Å².